The molecule has 2 saturated carbocycles. The summed E-state index contributed by atoms with van der Waals surface area (Å²) < 4.78 is 5.22. The maximum atomic E-state index is 5.22. The minimum atomic E-state index is 0.725. The number of hydrogen-bond donors (Lipinski definition) is 0. The Morgan fingerprint density at radius 2 is 1.52 bits per heavy atom. The van der Waals surface area contributed by atoms with E-state index in [-0.39, 0.29) is 0 Å². The zero-order valence-electron chi connectivity index (χ0n) is 16.1. The van der Waals surface area contributed by atoms with E-state index in [1.807, 2.05) is 0 Å². The molecule has 0 atom stereocenters. The molecule has 1 heteroatoms. The fourth-order valence-corrected chi connectivity index (χ4v) is 5.28. The first-order chi connectivity index (χ1) is 12.3. The highest BCUT2D eigenvalue weighted by molar-refractivity contribution is 5.25. The minimum absolute atomic E-state index is 0.725. The number of ether oxygens (including phenoxy) is 1. The fourth-order valence-electron chi connectivity index (χ4n) is 5.28. The maximum absolute atomic E-state index is 5.22. The van der Waals surface area contributed by atoms with Crippen LogP contribution in [0, 0.1) is 17.8 Å². The molecule has 2 fully saturated rings. The topological polar surface area (TPSA) is 9.23 Å². The Hall–Kier alpha value is -1.08. The van der Waals surface area contributed by atoms with E-state index in [2.05, 4.69) is 36.9 Å². The van der Waals surface area contributed by atoms with Crippen molar-refractivity contribution in [2.24, 2.45) is 17.8 Å². The van der Waals surface area contributed by atoms with Gasteiger partial charge >= 0.3 is 0 Å². The van der Waals surface area contributed by atoms with Crippen LogP contribution in [0.4, 0.5) is 0 Å². The summed E-state index contributed by atoms with van der Waals surface area (Å²) in [7, 11) is 1.77. The van der Waals surface area contributed by atoms with E-state index in [4.69, 9.17) is 4.74 Å². The molecule has 3 rings (SSSR count). The average molecular weight is 341 g/mol. The van der Waals surface area contributed by atoms with Crippen molar-refractivity contribution in [1.82, 2.24) is 0 Å². The van der Waals surface area contributed by atoms with E-state index >= 15 is 0 Å². The van der Waals surface area contributed by atoms with Crippen molar-refractivity contribution in [3.8, 4) is 0 Å². The molecular weight excluding hydrogens is 304 g/mol. The number of rotatable bonds is 7. The third kappa shape index (κ3) is 5.20. The molecular formula is C24H36O. The Balaban J connectivity index is 1.43. The predicted molar refractivity (Wildman–Crippen MR) is 107 cm³/mol. The zero-order chi connectivity index (χ0) is 17.5. The molecule has 0 unspecified atom stereocenters. The third-order valence-corrected chi connectivity index (χ3v) is 6.87. The van der Waals surface area contributed by atoms with Gasteiger partial charge < -0.3 is 4.74 Å². The van der Waals surface area contributed by atoms with E-state index in [1.54, 1.807) is 12.7 Å². The van der Waals surface area contributed by atoms with Crippen LogP contribution in [0.2, 0.25) is 0 Å². The van der Waals surface area contributed by atoms with Gasteiger partial charge in [0.05, 0.1) is 6.61 Å². The fraction of sp³-hybridized carbons (Fsp3) is 0.667. The SMILES string of the molecule is C=CCCC1CCC(C2CCC(c3ccc(COC)cc3)CC2)CC1. The molecule has 0 spiro atoms. The summed E-state index contributed by atoms with van der Waals surface area (Å²) in [6, 6.07) is 9.17. The summed E-state index contributed by atoms with van der Waals surface area (Å²) in [5, 5.41) is 0. The zero-order valence-corrected chi connectivity index (χ0v) is 16.1. The first-order valence-corrected chi connectivity index (χ1v) is 10.5. The number of allylic oxidation sites excluding steroid dienone is 1. The molecule has 0 radical (unpaired) electrons. The summed E-state index contributed by atoms with van der Waals surface area (Å²) >= 11 is 0. The second kappa shape index (κ2) is 9.57. The summed E-state index contributed by atoms with van der Waals surface area (Å²) in [5.74, 6) is 3.79. The van der Waals surface area contributed by atoms with Gasteiger partial charge in [0, 0.05) is 7.11 Å². The van der Waals surface area contributed by atoms with Gasteiger partial charge in [-0.2, -0.15) is 0 Å². The van der Waals surface area contributed by atoms with Crippen LogP contribution in [0.5, 0.6) is 0 Å². The Kier molecular flexibility index (Phi) is 7.16. The third-order valence-electron chi connectivity index (χ3n) is 6.87. The van der Waals surface area contributed by atoms with Crippen molar-refractivity contribution in [2.45, 2.75) is 76.7 Å². The van der Waals surface area contributed by atoms with Crippen LogP contribution in [-0.4, -0.2) is 7.11 Å². The highest BCUT2D eigenvalue weighted by Gasteiger charge is 2.31. The Labute approximate surface area is 154 Å². The van der Waals surface area contributed by atoms with Crippen LogP contribution < -0.4 is 0 Å². The second-order valence-corrected chi connectivity index (χ2v) is 8.43. The average Bonchev–Trinajstić information content (AvgIpc) is 2.68. The van der Waals surface area contributed by atoms with Gasteiger partial charge in [-0.3, -0.25) is 0 Å². The minimum Gasteiger partial charge on any atom is -0.380 e. The molecule has 1 aromatic carbocycles. The van der Waals surface area contributed by atoms with Crippen LogP contribution in [-0.2, 0) is 11.3 Å². The first-order valence-electron chi connectivity index (χ1n) is 10.5. The molecule has 2 aliphatic carbocycles. The highest BCUT2D eigenvalue weighted by Crippen LogP contribution is 2.44. The summed E-state index contributed by atoms with van der Waals surface area (Å²) in [5.41, 5.74) is 2.83. The molecule has 0 amide bonds. The van der Waals surface area contributed by atoms with Crippen molar-refractivity contribution in [3.05, 3.63) is 48.0 Å². The van der Waals surface area contributed by atoms with Crippen LogP contribution in [0.15, 0.2) is 36.9 Å². The lowest BCUT2D eigenvalue weighted by Gasteiger charge is -2.38. The summed E-state index contributed by atoms with van der Waals surface area (Å²) in [4.78, 5) is 0. The predicted octanol–water partition coefficient (Wildman–Crippen LogP) is 6.88. The standard InChI is InChI=1S/C24H36O/c1-3-4-5-19-6-10-21(11-7-19)23-14-16-24(17-15-23)22-12-8-20(9-13-22)18-25-2/h3,8-9,12-13,19,21,23-24H,1,4-7,10-11,14-18H2,2H3. The highest BCUT2D eigenvalue weighted by atomic mass is 16.5. The Bertz CT molecular complexity index is 501. The molecule has 25 heavy (non-hydrogen) atoms. The quantitative estimate of drug-likeness (QED) is 0.492. The number of benzene rings is 1. The van der Waals surface area contributed by atoms with Gasteiger partial charge in [-0.1, -0.05) is 43.2 Å². The monoisotopic (exact) mass is 340 g/mol. The lowest BCUT2D eigenvalue weighted by atomic mass is 9.68. The molecule has 0 saturated heterocycles. The van der Waals surface area contributed by atoms with E-state index in [0.717, 1.165) is 30.3 Å². The Morgan fingerprint density at radius 1 is 0.920 bits per heavy atom. The van der Waals surface area contributed by atoms with E-state index in [0.29, 0.717) is 0 Å². The van der Waals surface area contributed by atoms with Gasteiger partial charge in [0.1, 0.15) is 0 Å². The van der Waals surface area contributed by atoms with Crippen LogP contribution in [0.3, 0.4) is 0 Å². The van der Waals surface area contributed by atoms with Crippen molar-refractivity contribution in [2.75, 3.05) is 7.11 Å². The van der Waals surface area contributed by atoms with Crippen molar-refractivity contribution in [3.63, 3.8) is 0 Å². The summed E-state index contributed by atoms with van der Waals surface area (Å²) in [6.45, 7) is 4.60. The molecule has 0 N–H and O–H groups in total. The first kappa shape index (κ1) is 18.7. The molecule has 1 aromatic rings. The van der Waals surface area contributed by atoms with Gasteiger partial charge in [-0.15, -0.1) is 6.58 Å². The van der Waals surface area contributed by atoms with Crippen LogP contribution >= 0.6 is 0 Å². The largest absolute Gasteiger partial charge is 0.380 e. The van der Waals surface area contributed by atoms with Crippen molar-refractivity contribution < 1.29 is 4.74 Å². The van der Waals surface area contributed by atoms with Crippen LogP contribution in [0.25, 0.3) is 0 Å². The van der Waals surface area contributed by atoms with Gasteiger partial charge in [-0.05, 0) is 86.2 Å². The van der Waals surface area contributed by atoms with Crippen molar-refractivity contribution >= 4 is 0 Å². The number of methoxy groups -OCH3 is 1. The molecule has 0 bridgehead atoms. The van der Waals surface area contributed by atoms with E-state index < -0.39 is 0 Å². The molecule has 138 valence electrons. The molecule has 0 aromatic heterocycles. The molecule has 0 aliphatic heterocycles. The second-order valence-electron chi connectivity index (χ2n) is 8.43. The van der Waals surface area contributed by atoms with Gasteiger partial charge in [0.25, 0.3) is 0 Å². The van der Waals surface area contributed by atoms with Gasteiger partial charge in [0.2, 0.25) is 0 Å². The van der Waals surface area contributed by atoms with Gasteiger partial charge in [-0.25, -0.2) is 0 Å². The molecule has 2 aliphatic rings. The van der Waals surface area contributed by atoms with Crippen molar-refractivity contribution in [1.29, 1.82) is 0 Å². The maximum Gasteiger partial charge on any atom is 0.0713 e. The van der Waals surface area contributed by atoms with Crippen LogP contribution in [0.1, 0.15) is 81.3 Å². The molecule has 0 heterocycles. The molecule has 1 nitrogen and oxygen atoms in total. The Morgan fingerprint density at radius 3 is 2.08 bits per heavy atom. The lowest BCUT2D eigenvalue weighted by Crippen LogP contribution is -2.25. The van der Waals surface area contributed by atoms with Gasteiger partial charge in [0.15, 0.2) is 0 Å². The summed E-state index contributed by atoms with van der Waals surface area (Å²) in [6.07, 6.45) is 16.3. The van der Waals surface area contributed by atoms with E-state index in [9.17, 15) is 0 Å². The lowest BCUT2D eigenvalue weighted by molar-refractivity contribution is 0.157. The smallest absolute Gasteiger partial charge is 0.0713 e. The normalized spacial score (nSPS) is 30.1. The van der Waals surface area contributed by atoms with E-state index in [1.165, 1.54) is 69.8 Å². The number of hydrogen-bond acceptors (Lipinski definition) is 1.